The van der Waals surface area contributed by atoms with Crippen LogP contribution in [0, 0.1) is 5.82 Å². The monoisotopic (exact) mass is 442 g/mol. The van der Waals surface area contributed by atoms with Gasteiger partial charge in [0.2, 0.25) is 5.89 Å². The molecule has 3 rings (SSSR count). The van der Waals surface area contributed by atoms with Crippen molar-refractivity contribution in [2.75, 3.05) is 7.05 Å². The molecule has 3 aromatic rings. The van der Waals surface area contributed by atoms with Crippen LogP contribution in [0.2, 0.25) is 0 Å². The molecule has 1 aromatic heterocycles. The lowest BCUT2D eigenvalue weighted by Gasteiger charge is -2.16. The lowest BCUT2D eigenvalue weighted by atomic mass is 10.1. The fourth-order valence-corrected chi connectivity index (χ4v) is 2.52. The third kappa shape index (κ3) is 4.90. The molecule has 1 heterocycles. The summed E-state index contributed by atoms with van der Waals surface area (Å²) in [7, 11) is 1.11. The van der Waals surface area contributed by atoms with Crippen LogP contribution in [0.4, 0.5) is 26.3 Å². The normalized spacial score (nSPS) is 12.0. The maximum atomic E-state index is 13.7. The van der Waals surface area contributed by atoms with Crippen LogP contribution in [0.15, 0.2) is 52.0 Å². The summed E-state index contributed by atoms with van der Waals surface area (Å²) < 4.78 is 82.8. The van der Waals surface area contributed by atoms with Gasteiger partial charge in [0.1, 0.15) is 11.4 Å². The summed E-state index contributed by atoms with van der Waals surface area (Å²) in [5, 5.41) is 11.1. The van der Waals surface area contributed by atoms with Crippen molar-refractivity contribution in [2.24, 2.45) is 5.10 Å². The minimum atomic E-state index is -5.06. The molecule has 0 spiro atoms. The highest BCUT2D eigenvalue weighted by Crippen LogP contribution is 2.34. The van der Waals surface area contributed by atoms with Gasteiger partial charge in [0.15, 0.2) is 0 Å². The summed E-state index contributed by atoms with van der Waals surface area (Å²) >= 11 is 0. The number of hydrazone groups is 1. The zero-order chi connectivity index (χ0) is 22.8. The van der Waals surface area contributed by atoms with Crippen molar-refractivity contribution in [1.82, 2.24) is 15.2 Å². The lowest BCUT2D eigenvalue weighted by molar-refractivity contribution is -0.140. The lowest BCUT2D eigenvalue weighted by Crippen LogP contribution is -2.25. The number of rotatable bonds is 5. The number of carbonyl (C=O) groups is 1. The van der Waals surface area contributed by atoms with Crippen molar-refractivity contribution in [2.45, 2.75) is 12.6 Å². The molecule has 0 saturated heterocycles. The number of hydrogen-bond acceptors (Lipinski definition) is 5. The SMILES string of the molecule is CN(/N=C/c1ccc(-c2nnc(C(F)F)o2)cc1)C(=O)c1cccc(F)c1C(F)(F)F. The second kappa shape index (κ2) is 8.58. The van der Waals surface area contributed by atoms with Crippen LogP contribution in [-0.2, 0) is 6.18 Å². The second-order valence-electron chi connectivity index (χ2n) is 6.10. The summed E-state index contributed by atoms with van der Waals surface area (Å²) in [6.07, 6.45) is -6.79. The van der Waals surface area contributed by atoms with Gasteiger partial charge < -0.3 is 4.42 Å². The van der Waals surface area contributed by atoms with E-state index in [-0.39, 0.29) is 5.89 Å². The summed E-state index contributed by atoms with van der Waals surface area (Å²) in [5.74, 6) is -3.68. The Labute approximate surface area is 170 Å². The van der Waals surface area contributed by atoms with E-state index >= 15 is 0 Å². The smallest absolute Gasteiger partial charge is 0.415 e. The van der Waals surface area contributed by atoms with Crippen LogP contribution in [0.25, 0.3) is 11.5 Å². The van der Waals surface area contributed by atoms with Crippen LogP contribution in [0.3, 0.4) is 0 Å². The van der Waals surface area contributed by atoms with Crippen LogP contribution in [0.1, 0.15) is 33.8 Å². The van der Waals surface area contributed by atoms with E-state index in [9.17, 15) is 31.1 Å². The molecule has 12 heteroatoms. The highest BCUT2D eigenvalue weighted by atomic mass is 19.4. The Morgan fingerprint density at radius 2 is 1.81 bits per heavy atom. The van der Waals surface area contributed by atoms with E-state index in [4.69, 9.17) is 4.42 Å². The van der Waals surface area contributed by atoms with E-state index in [1.54, 1.807) is 0 Å². The van der Waals surface area contributed by atoms with Crippen molar-refractivity contribution in [3.63, 3.8) is 0 Å². The molecule has 0 radical (unpaired) electrons. The van der Waals surface area contributed by atoms with E-state index in [1.165, 1.54) is 30.5 Å². The first-order chi connectivity index (χ1) is 14.6. The molecule has 162 valence electrons. The van der Waals surface area contributed by atoms with Gasteiger partial charge in [-0.25, -0.2) is 9.40 Å². The zero-order valence-corrected chi connectivity index (χ0v) is 15.6. The summed E-state index contributed by atoms with van der Waals surface area (Å²) in [6, 6.07) is 8.33. The van der Waals surface area contributed by atoms with Gasteiger partial charge >= 0.3 is 12.6 Å². The molecular weight excluding hydrogens is 430 g/mol. The third-order valence-corrected chi connectivity index (χ3v) is 3.99. The van der Waals surface area contributed by atoms with Gasteiger partial charge in [0, 0.05) is 12.6 Å². The van der Waals surface area contributed by atoms with Crippen molar-refractivity contribution < 1.29 is 35.6 Å². The van der Waals surface area contributed by atoms with Crippen molar-refractivity contribution in [1.29, 1.82) is 0 Å². The molecule has 2 aromatic carbocycles. The quantitative estimate of drug-likeness (QED) is 0.319. The Hall–Kier alpha value is -3.70. The number of hydrogen-bond donors (Lipinski definition) is 0. The maximum absolute atomic E-state index is 13.7. The number of halogens is 6. The zero-order valence-electron chi connectivity index (χ0n) is 15.6. The average molecular weight is 442 g/mol. The standard InChI is InChI=1S/C19H12F6N4O2/c1-29(18(30)12-3-2-4-13(20)14(12)19(23,24)25)26-9-10-5-7-11(8-6-10)16-27-28-17(31-16)15(21)22/h2-9,15H,1H3/b26-9+. The van der Waals surface area contributed by atoms with Crippen molar-refractivity contribution in [3.8, 4) is 11.5 Å². The summed E-state index contributed by atoms with van der Waals surface area (Å²) in [4.78, 5) is 12.3. The Morgan fingerprint density at radius 1 is 1.13 bits per heavy atom. The summed E-state index contributed by atoms with van der Waals surface area (Å²) in [5.41, 5.74) is -1.79. The Kier molecular flexibility index (Phi) is 6.09. The summed E-state index contributed by atoms with van der Waals surface area (Å²) in [6.45, 7) is 0. The number of alkyl halides is 5. The number of aromatic nitrogens is 2. The highest BCUT2D eigenvalue weighted by molar-refractivity contribution is 5.96. The molecule has 6 nitrogen and oxygen atoms in total. The predicted octanol–water partition coefficient (Wildman–Crippen LogP) is 4.94. The van der Waals surface area contributed by atoms with Gasteiger partial charge in [-0.3, -0.25) is 4.79 Å². The minimum absolute atomic E-state index is 0.128. The molecule has 0 aliphatic heterocycles. The molecule has 31 heavy (non-hydrogen) atoms. The minimum Gasteiger partial charge on any atom is -0.415 e. The van der Waals surface area contributed by atoms with Crippen LogP contribution in [0.5, 0.6) is 0 Å². The van der Waals surface area contributed by atoms with Crippen LogP contribution >= 0.6 is 0 Å². The van der Waals surface area contributed by atoms with E-state index in [2.05, 4.69) is 15.3 Å². The van der Waals surface area contributed by atoms with Gasteiger partial charge in [-0.2, -0.15) is 27.1 Å². The van der Waals surface area contributed by atoms with E-state index in [0.717, 1.165) is 19.2 Å². The van der Waals surface area contributed by atoms with Gasteiger partial charge in [0.25, 0.3) is 11.8 Å². The van der Waals surface area contributed by atoms with Gasteiger partial charge in [-0.1, -0.05) is 18.2 Å². The van der Waals surface area contributed by atoms with Gasteiger partial charge in [-0.15, -0.1) is 10.2 Å². The molecule has 1 amide bonds. The largest absolute Gasteiger partial charge is 0.420 e. The van der Waals surface area contributed by atoms with E-state index in [1.807, 2.05) is 0 Å². The number of benzene rings is 2. The van der Waals surface area contributed by atoms with Crippen LogP contribution < -0.4 is 0 Å². The molecular formula is C19H12F6N4O2. The predicted molar refractivity (Wildman–Crippen MR) is 95.8 cm³/mol. The van der Waals surface area contributed by atoms with E-state index < -0.39 is 41.3 Å². The maximum Gasteiger partial charge on any atom is 0.420 e. The number of carbonyl (C=O) groups excluding carboxylic acids is 1. The van der Waals surface area contributed by atoms with Gasteiger partial charge in [0.05, 0.1) is 11.8 Å². The first-order valence-electron chi connectivity index (χ1n) is 8.47. The van der Waals surface area contributed by atoms with E-state index in [0.29, 0.717) is 22.2 Å². The van der Waals surface area contributed by atoms with Crippen LogP contribution in [-0.4, -0.2) is 34.4 Å². The molecule has 0 saturated carbocycles. The Bertz CT molecular complexity index is 1110. The Balaban J connectivity index is 1.76. The molecule has 0 atom stereocenters. The number of amides is 1. The third-order valence-electron chi connectivity index (χ3n) is 3.99. The van der Waals surface area contributed by atoms with Gasteiger partial charge in [-0.05, 0) is 29.8 Å². The first-order valence-corrected chi connectivity index (χ1v) is 8.47. The average Bonchev–Trinajstić information content (AvgIpc) is 3.21. The molecule has 0 aliphatic carbocycles. The molecule has 0 fully saturated rings. The van der Waals surface area contributed by atoms with Crippen molar-refractivity contribution >= 4 is 12.1 Å². The molecule has 0 aliphatic rings. The topological polar surface area (TPSA) is 71.6 Å². The molecule has 0 N–H and O–H groups in total. The highest BCUT2D eigenvalue weighted by Gasteiger charge is 2.39. The fraction of sp³-hybridized carbons (Fsp3) is 0.158. The Morgan fingerprint density at radius 3 is 2.39 bits per heavy atom. The number of nitrogens with zero attached hydrogens (tertiary/aromatic N) is 4. The molecule has 0 unspecified atom stereocenters. The van der Waals surface area contributed by atoms with Crippen molar-refractivity contribution in [3.05, 3.63) is 70.9 Å². The molecule has 0 bridgehead atoms. The fourth-order valence-electron chi connectivity index (χ4n) is 2.52. The first kappa shape index (κ1) is 22.0. The second-order valence-corrected chi connectivity index (χ2v) is 6.10.